The number of aromatic hydroxyl groups is 2. The van der Waals surface area contributed by atoms with Crippen molar-refractivity contribution in [2.75, 3.05) is 10.6 Å². The van der Waals surface area contributed by atoms with Gasteiger partial charge in [0.2, 0.25) is 0 Å². The minimum Gasteiger partial charge on any atom is -0.505 e. The molecular formula is C51H40N6O9S2. The number of phenolic OH excluding ortho intramolecular Hbond substituents is 2. The second-order valence-corrected chi connectivity index (χ2v) is 18.1. The lowest BCUT2D eigenvalue weighted by atomic mass is 10.1. The molecule has 0 aliphatic heterocycles. The summed E-state index contributed by atoms with van der Waals surface area (Å²) in [6.07, 6.45) is 9.37. The first-order chi connectivity index (χ1) is 32.7. The van der Waals surface area contributed by atoms with E-state index >= 15 is 0 Å². The van der Waals surface area contributed by atoms with Gasteiger partial charge < -0.3 is 20.8 Å². The molecule has 0 spiro atoms. The molecule has 0 aromatic heterocycles. The van der Waals surface area contributed by atoms with Crippen molar-refractivity contribution >= 4 is 94.1 Å². The summed E-state index contributed by atoms with van der Waals surface area (Å²) >= 11 is 0. The van der Waals surface area contributed by atoms with E-state index in [0.29, 0.717) is 24.2 Å². The molecule has 340 valence electrons. The number of urea groups is 1. The molecule has 15 nitrogen and oxygen atoms in total. The van der Waals surface area contributed by atoms with Gasteiger partial charge in [0, 0.05) is 22.1 Å². The molecule has 8 aromatic rings. The molecule has 0 aliphatic rings. The number of hydrogen-bond acceptors (Lipinski definition) is 11. The fraction of sp³-hybridized carbons (Fsp3) is 0.0392. The molecule has 0 saturated heterocycles. The maximum absolute atomic E-state index is 13.2. The molecule has 0 radical (unpaired) electrons. The predicted octanol–water partition coefficient (Wildman–Crippen LogP) is 12.9. The zero-order valence-electron chi connectivity index (χ0n) is 35.7. The van der Waals surface area contributed by atoms with Gasteiger partial charge in [0.25, 0.3) is 20.2 Å². The van der Waals surface area contributed by atoms with Gasteiger partial charge in [-0.05, 0) is 119 Å². The van der Waals surface area contributed by atoms with Crippen LogP contribution in [0.25, 0.3) is 33.7 Å². The van der Waals surface area contributed by atoms with Gasteiger partial charge in [-0.15, -0.1) is 10.2 Å². The van der Waals surface area contributed by atoms with Crippen LogP contribution in [0.2, 0.25) is 0 Å². The highest BCUT2D eigenvalue weighted by atomic mass is 32.2. The molecular weight excluding hydrogens is 905 g/mol. The van der Waals surface area contributed by atoms with Crippen molar-refractivity contribution in [1.82, 2.24) is 0 Å². The standard InChI is InChI=1S/C51H40N6O9S2/c58-49-43-27-25-41(29-37(43)31-45(67(61,62)63)47(49)56-54-39-21-17-35(18-22-39)15-7-13-33-9-3-1-4-10-33)52-51(60)53-42-26-28-44-38(30-42)32-46(68(64,65)66)48(50(44)59)57-55-40-23-19-36(20-24-40)16-8-14-34-11-5-2-6-12-34/h1-14,17-32,58-59H,15-16H2,(H2,52,53,60)(H,61,62,63)(H,64,65,66). The highest BCUT2D eigenvalue weighted by molar-refractivity contribution is 7.86. The molecule has 0 bridgehead atoms. The minimum atomic E-state index is -4.94. The lowest BCUT2D eigenvalue weighted by Crippen LogP contribution is -2.19. The molecule has 0 aliphatic carbocycles. The Morgan fingerprint density at radius 2 is 0.868 bits per heavy atom. The van der Waals surface area contributed by atoms with Crippen LogP contribution in [0.4, 0.5) is 38.9 Å². The van der Waals surface area contributed by atoms with Crippen LogP contribution in [0.1, 0.15) is 22.3 Å². The highest BCUT2D eigenvalue weighted by Crippen LogP contribution is 2.43. The van der Waals surface area contributed by atoms with E-state index in [9.17, 15) is 40.9 Å². The monoisotopic (exact) mass is 944 g/mol. The van der Waals surface area contributed by atoms with E-state index in [2.05, 4.69) is 31.1 Å². The van der Waals surface area contributed by atoms with E-state index in [1.165, 1.54) is 36.4 Å². The van der Waals surface area contributed by atoms with Gasteiger partial charge in [0.15, 0.2) is 11.5 Å². The molecule has 0 fully saturated rings. The molecule has 0 unspecified atom stereocenters. The normalized spacial score (nSPS) is 12.3. The van der Waals surface area contributed by atoms with Crippen LogP contribution in [-0.2, 0) is 33.1 Å². The summed E-state index contributed by atoms with van der Waals surface area (Å²) < 4.78 is 70.4. The number of fused-ring (bicyclic) bond motifs is 2. The summed E-state index contributed by atoms with van der Waals surface area (Å²) in [6, 6.07) is 43.6. The fourth-order valence-corrected chi connectivity index (χ4v) is 8.46. The largest absolute Gasteiger partial charge is 0.505 e. The Kier molecular flexibility index (Phi) is 13.6. The summed E-state index contributed by atoms with van der Waals surface area (Å²) in [7, 11) is -9.87. The van der Waals surface area contributed by atoms with Crippen LogP contribution in [0.15, 0.2) is 200 Å². The molecule has 0 heterocycles. The van der Waals surface area contributed by atoms with Crippen molar-refractivity contribution in [3.8, 4) is 11.5 Å². The molecule has 0 atom stereocenters. The number of nitrogens with zero attached hydrogens (tertiary/aromatic N) is 4. The van der Waals surface area contributed by atoms with E-state index in [1.807, 2.05) is 109 Å². The smallest absolute Gasteiger partial charge is 0.323 e. The first-order valence-electron chi connectivity index (χ1n) is 20.7. The first kappa shape index (κ1) is 46.2. The van der Waals surface area contributed by atoms with Crippen molar-refractivity contribution in [2.45, 2.75) is 22.6 Å². The third-order valence-electron chi connectivity index (χ3n) is 10.5. The number of allylic oxidation sites excluding steroid dienone is 2. The summed E-state index contributed by atoms with van der Waals surface area (Å²) in [5, 5.41) is 44.3. The Morgan fingerprint density at radius 3 is 1.24 bits per heavy atom. The number of nitrogens with one attached hydrogen (secondary N) is 2. The second kappa shape index (κ2) is 20.0. The van der Waals surface area contributed by atoms with Gasteiger partial charge in [-0.3, -0.25) is 9.11 Å². The Labute approximate surface area is 390 Å². The second-order valence-electron chi connectivity index (χ2n) is 15.3. The van der Waals surface area contributed by atoms with Gasteiger partial charge in [-0.1, -0.05) is 109 Å². The SMILES string of the molecule is O=C(Nc1ccc2c(O)c(N=Nc3ccc(CC=Cc4ccccc4)cc3)c(S(=O)(=O)O)cc2c1)Nc1ccc2c(O)c(N=Nc3ccc(CC=Cc4ccccc4)cc3)c(S(=O)(=O)O)cc2c1. The number of benzene rings is 8. The van der Waals surface area contributed by atoms with Crippen molar-refractivity contribution in [2.24, 2.45) is 20.5 Å². The van der Waals surface area contributed by atoms with Gasteiger partial charge in [-0.2, -0.15) is 27.1 Å². The van der Waals surface area contributed by atoms with Crippen molar-refractivity contribution in [1.29, 1.82) is 0 Å². The number of phenols is 2. The summed E-state index contributed by atoms with van der Waals surface area (Å²) in [4.78, 5) is 11.8. The number of amides is 2. The van der Waals surface area contributed by atoms with E-state index in [4.69, 9.17) is 0 Å². The number of rotatable bonds is 14. The van der Waals surface area contributed by atoms with E-state index < -0.39 is 58.9 Å². The van der Waals surface area contributed by atoms with E-state index in [0.717, 1.165) is 34.4 Å². The lowest BCUT2D eigenvalue weighted by Gasteiger charge is -2.13. The average molecular weight is 945 g/mol. The Hall–Kier alpha value is -8.35. The van der Waals surface area contributed by atoms with Crippen LogP contribution >= 0.6 is 0 Å². The van der Waals surface area contributed by atoms with Crippen molar-refractivity contribution in [3.63, 3.8) is 0 Å². The Morgan fingerprint density at radius 1 is 0.485 bits per heavy atom. The van der Waals surface area contributed by atoms with Crippen LogP contribution in [0, 0.1) is 0 Å². The number of hydrogen-bond donors (Lipinski definition) is 6. The van der Waals surface area contributed by atoms with Crippen LogP contribution < -0.4 is 10.6 Å². The molecule has 6 N–H and O–H groups in total. The molecule has 8 aromatic carbocycles. The average Bonchev–Trinajstić information content (AvgIpc) is 3.31. The van der Waals surface area contributed by atoms with E-state index in [-0.39, 0.29) is 32.9 Å². The number of carbonyl (C=O) groups is 1. The third-order valence-corrected chi connectivity index (χ3v) is 12.2. The number of anilines is 2. The first-order valence-corrected chi connectivity index (χ1v) is 23.6. The molecule has 8 rings (SSSR count). The molecule has 68 heavy (non-hydrogen) atoms. The van der Waals surface area contributed by atoms with Gasteiger partial charge in [0.1, 0.15) is 21.2 Å². The minimum absolute atomic E-state index is 0.121. The van der Waals surface area contributed by atoms with Crippen LogP contribution in [0.3, 0.4) is 0 Å². The maximum Gasteiger partial charge on any atom is 0.323 e. The van der Waals surface area contributed by atoms with Gasteiger partial charge in [0.05, 0.1) is 11.4 Å². The topological polar surface area (TPSA) is 240 Å². The van der Waals surface area contributed by atoms with Crippen molar-refractivity contribution in [3.05, 3.63) is 192 Å². The molecule has 17 heteroatoms. The zero-order chi connectivity index (χ0) is 47.8. The third kappa shape index (κ3) is 11.4. The number of carbonyl (C=O) groups excluding carboxylic acids is 1. The highest BCUT2D eigenvalue weighted by Gasteiger charge is 2.24. The van der Waals surface area contributed by atoms with Crippen molar-refractivity contribution < 1.29 is 40.9 Å². The van der Waals surface area contributed by atoms with Crippen LogP contribution in [0.5, 0.6) is 11.5 Å². The van der Waals surface area contributed by atoms with Crippen LogP contribution in [-0.4, -0.2) is 42.2 Å². The quantitative estimate of drug-likeness (QED) is 0.0448. The Bertz CT molecular complexity index is 3300. The fourth-order valence-electron chi connectivity index (χ4n) is 7.14. The van der Waals surface area contributed by atoms with Gasteiger partial charge in [-0.25, -0.2) is 4.79 Å². The molecule has 2 amide bonds. The lowest BCUT2D eigenvalue weighted by molar-refractivity contribution is 0.262. The Balaban J connectivity index is 0.959. The summed E-state index contributed by atoms with van der Waals surface area (Å²) in [5.74, 6) is -1.16. The zero-order valence-corrected chi connectivity index (χ0v) is 37.3. The summed E-state index contributed by atoms with van der Waals surface area (Å²) in [6.45, 7) is 0. The van der Waals surface area contributed by atoms with E-state index in [1.54, 1.807) is 24.3 Å². The summed E-state index contributed by atoms with van der Waals surface area (Å²) in [5.41, 5.74) is 4.18. The maximum atomic E-state index is 13.2. The predicted molar refractivity (Wildman–Crippen MR) is 263 cm³/mol. The number of azo groups is 2. The molecule has 0 saturated carbocycles. The van der Waals surface area contributed by atoms with Gasteiger partial charge >= 0.3 is 6.03 Å².